The topological polar surface area (TPSA) is 172 Å². The third kappa shape index (κ3) is 8.70. The molecule has 3 heterocycles. The minimum absolute atomic E-state index is 0.0154. The second-order valence-electron chi connectivity index (χ2n) is 14.6. The lowest BCUT2D eigenvalue weighted by atomic mass is 9.84. The number of carbonyl (C=O) groups is 3. The number of fused-ring (bicyclic) bond motifs is 3. The summed E-state index contributed by atoms with van der Waals surface area (Å²) in [5.74, 6) is -0.489. The molecule has 1 unspecified atom stereocenters. The van der Waals surface area contributed by atoms with E-state index in [0.717, 1.165) is 23.2 Å². The molecule has 3 aromatic rings. The van der Waals surface area contributed by atoms with Crippen LogP contribution in [0.25, 0.3) is 6.08 Å². The van der Waals surface area contributed by atoms with Gasteiger partial charge in [0.2, 0.25) is 24.2 Å². The SMILES string of the molecule is COc1cc(C(CC(=O)NCc2c3c(c(OC)c4c2OCO4)CN(C)CC3)c2c(O)cc3c(c2O)C(=O)O[C@@H](C)CCCC(=O)CCCC=C3)cc(OC)c1OC. The molecule has 3 N–H and O–H groups in total. The standard InChI is InChI=1S/C43H52N2O12/c1-24-11-10-14-27(46)13-9-7-8-12-25-17-32(47)37(38(49)36(25)43(50)57-24)29(26-18-33(51-3)41(54-6)34(19-26)52-4)20-35(48)44-21-30-28-15-16-45(2)22-31(28)39(53-5)42-40(30)55-23-56-42/h8,12,17-19,24,29,47,49H,7,9-11,13-16,20-23H2,1-6H3,(H,44,48)/t24-,29?/m0/s1. The number of ether oxygens (including phenoxy) is 7. The summed E-state index contributed by atoms with van der Waals surface area (Å²) < 4.78 is 40.2. The van der Waals surface area contributed by atoms with Crippen LogP contribution in [0, 0.1) is 0 Å². The van der Waals surface area contributed by atoms with E-state index in [1.807, 2.05) is 7.05 Å². The summed E-state index contributed by atoms with van der Waals surface area (Å²) in [4.78, 5) is 42.6. The maximum absolute atomic E-state index is 14.2. The number of amides is 1. The Bertz CT molecular complexity index is 2020. The quantitative estimate of drug-likeness (QED) is 0.200. The zero-order chi connectivity index (χ0) is 40.8. The van der Waals surface area contributed by atoms with Crippen molar-refractivity contribution in [3.8, 4) is 46.0 Å². The lowest BCUT2D eigenvalue weighted by molar-refractivity contribution is -0.121. The minimum atomic E-state index is -1.04. The van der Waals surface area contributed by atoms with Crippen LogP contribution >= 0.6 is 0 Å². The van der Waals surface area contributed by atoms with E-state index in [9.17, 15) is 24.6 Å². The normalized spacial score (nSPS) is 17.8. The van der Waals surface area contributed by atoms with Crippen LogP contribution in [0.15, 0.2) is 24.3 Å². The second kappa shape index (κ2) is 18.1. The Morgan fingerprint density at radius 3 is 2.33 bits per heavy atom. The maximum Gasteiger partial charge on any atom is 0.342 e. The number of rotatable bonds is 10. The van der Waals surface area contributed by atoms with E-state index in [-0.39, 0.29) is 59.5 Å². The fourth-order valence-corrected chi connectivity index (χ4v) is 7.94. The smallest absolute Gasteiger partial charge is 0.342 e. The lowest BCUT2D eigenvalue weighted by Crippen LogP contribution is -2.30. The highest BCUT2D eigenvalue weighted by Crippen LogP contribution is 2.50. The average molecular weight is 789 g/mol. The first kappa shape index (κ1) is 41.0. The van der Waals surface area contributed by atoms with Crippen molar-refractivity contribution >= 4 is 23.7 Å². The van der Waals surface area contributed by atoms with Crippen LogP contribution in [-0.4, -0.2) is 87.7 Å². The number of likely N-dealkylation sites (N-methyl/N-ethyl adjacent to an activating group) is 1. The number of hydrogen-bond donors (Lipinski definition) is 3. The Labute approximate surface area is 332 Å². The molecule has 6 rings (SSSR count). The van der Waals surface area contributed by atoms with Crippen LogP contribution < -0.4 is 33.7 Å². The van der Waals surface area contributed by atoms with Crippen molar-refractivity contribution in [1.82, 2.24) is 10.2 Å². The molecule has 0 saturated heterocycles. The molecule has 0 saturated carbocycles. The van der Waals surface area contributed by atoms with E-state index < -0.39 is 29.6 Å². The van der Waals surface area contributed by atoms with E-state index in [4.69, 9.17) is 33.2 Å². The molecule has 0 fully saturated rings. The number of esters is 1. The third-order valence-electron chi connectivity index (χ3n) is 10.8. The number of ketones is 1. The molecule has 2 atom stereocenters. The van der Waals surface area contributed by atoms with Gasteiger partial charge in [-0.05, 0) is 81.0 Å². The van der Waals surface area contributed by atoms with Crippen LogP contribution in [0.2, 0.25) is 0 Å². The highest BCUT2D eigenvalue weighted by Gasteiger charge is 2.35. The Kier molecular flexibility index (Phi) is 13.0. The van der Waals surface area contributed by atoms with Gasteiger partial charge in [-0.3, -0.25) is 9.59 Å². The predicted molar refractivity (Wildman–Crippen MR) is 210 cm³/mol. The van der Waals surface area contributed by atoms with Crippen molar-refractivity contribution in [3.63, 3.8) is 0 Å². The van der Waals surface area contributed by atoms with Gasteiger partial charge >= 0.3 is 5.97 Å². The zero-order valence-electron chi connectivity index (χ0n) is 33.5. The van der Waals surface area contributed by atoms with E-state index >= 15 is 0 Å². The molecule has 0 bridgehead atoms. The number of nitrogens with zero attached hydrogens (tertiary/aromatic N) is 1. The summed E-state index contributed by atoms with van der Waals surface area (Å²) in [6, 6.07) is 4.66. The predicted octanol–water partition coefficient (Wildman–Crippen LogP) is 6.17. The molecule has 0 aliphatic carbocycles. The van der Waals surface area contributed by atoms with E-state index in [2.05, 4.69) is 10.2 Å². The summed E-state index contributed by atoms with van der Waals surface area (Å²) >= 11 is 0. The first-order valence-electron chi connectivity index (χ1n) is 19.2. The van der Waals surface area contributed by atoms with Gasteiger partial charge in [0.25, 0.3) is 0 Å². The molecular formula is C43H52N2O12. The van der Waals surface area contributed by atoms with Gasteiger partial charge in [0.15, 0.2) is 23.0 Å². The van der Waals surface area contributed by atoms with Crippen LogP contribution in [0.1, 0.15) is 102 Å². The molecule has 57 heavy (non-hydrogen) atoms. The summed E-state index contributed by atoms with van der Waals surface area (Å²) in [6.45, 7) is 3.28. The third-order valence-corrected chi connectivity index (χ3v) is 10.8. The van der Waals surface area contributed by atoms with Crippen molar-refractivity contribution in [1.29, 1.82) is 0 Å². The Hall–Kier alpha value is -5.63. The number of nitrogens with one attached hydrogen (secondary N) is 1. The van der Waals surface area contributed by atoms with Crippen molar-refractivity contribution in [3.05, 3.63) is 63.2 Å². The molecule has 1 amide bonds. The number of phenols is 2. The highest BCUT2D eigenvalue weighted by atomic mass is 16.7. The number of benzene rings is 3. The van der Waals surface area contributed by atoms with Crippen molar-refractivity contribution in [2.75, 3.05) is 48.8 Å². The minimum Gasteiger partial charge on any atom is -0.507 e. The maximum atomic E-state index is 14.2. The number of cyclic esters (lactones) is 1. The Morgan fingerprint density at radius 1 is 0.930 bits per heavy atom. The van der Waals surface area contributed by atoms with Crippen LogP contribution in [0.4, 0.5) is 0 Å². The van der Waals surface area contributed by atoms with Gasteiger partial charge in [-0.2, -0.15) is 0 Å². The van der Waals surface area contributed by atoms with Gasteiger partial charge in [0.05, 0.1) is 34.5 Å². The molecule has 0 spiro atoms. The number of phenolic OH excluding ortho intramolecular Hbond substituents is 2. The number of allylic oxidation sites excluding steroid dienone is 1. The average Bonchev–Trinajstić information content (AvgIpc) is 3.67. The molecule has 3 aromatic carbocycles. The fourth-order valence-electron chi connectivity index (χ4n) is 7.94. The first-order valence-corrected chi connectivity index (χ1v) is 19.2. The van der Waals surface area contributed by atoms with Gasteiger partial charge in [-0.15, -0.1) is 0 Å². The Morgan fingerprint density at radius 2 is 1.63 bits per heavy atom. The lowest BCUT2D eigenvalue weighted by Gasteiger charge is -2.29. The second-order valence-corrected chi connectivity index (χ2v) is 14.6. The van der Waals surface area contributed by atoms with Crippen LogP contribution in [-0.2, 0) is 33.8 Å². The van der Waals surface area contributed by atoms with E-state index in [0.29, 0.717) is 80.1 Å². The van der Waals surface area contributed by atoms with E-state index in [1.165, 1.54) is 27.4 Å². The Balaban J connectivity index is 1.42. The summed E-state index contributed by atoms with van der Waals surface area (Å²) in [6.07, 6.45) is 6.28. The summed E-state index contributed by atoms with van der Waals surface area (Å²) in [5.41, 5.74) is 3.21. The first-order chi connectivity index (χ1) is 27.5. The van der Waals surface area contributed by atoms with E-state index in [1.54, 1.807) is 38.3 Å². The van der Waals surface area contributed by atoms with Crippen LogP contribution in [0.5, 0.6) is 46.0 Å². The monoisotopic (exact) mass is 788 g/mol. The van der Waals surface area contributed by atoms with Gasteiger partial charge in [0, 0.05) is 61.5 Å². The number of methoxy groups -OCH3 is 4. The van der Waals surface area contributed by atoms with Gasteiger partial charge in [0.1, 0.15) is 22.8 Å². The number of Topliss-reactive ketones (excluding diaryl/α,β-unsaturated/α-hetero) is 1. The number of carbonyl (C=O) groups excluding carboxylic acids is 3. The summed E-state index contributed by atoms with van der Waals surface area (Å²) in [5, 5.41) is 26.9. The molecular weight excluding hydrogens is 736 g/mol. The number of aromatic hydroxyl groups is 2. The van der Waals surface area contributed by atoms with Crippen molar-refractivity contribution < 1.29 is 57.8 Å². The molecule has 14 heteroatoms. The van der Waals surface area contributed by atoms with Gasteiger partial charge < -0.3 is 53.6 Å². The molecule has 3 aliphatic rings. The highest BCUT2D eigenvalue weighted by molar-refractivity contribution is 5.98. The molecule has 14 nitrogen and oxygen atoms in total. The van der Waals surface area contributed by atoms with Crippen molar-refractivity contribution in [2.24, 2.45) is 0 Å². The molecule has 3 aliphatic heterocycles. The molecule has 0 aromatic heterocycles. The summed E-state index contributed by atoms with van der Waals surface area (Å²) in [7, 11) is 8.01. The van der Waals surface area contributed by atoms with Gasteiger partial charge in [-0.25, -0.2) is 4.79 Å². The largest absolute Gasteiger partial charge is 0.507 e. The molecule has 0 radical (unpaired) electrons. The zero-order valence-corrected chi connectivity index (χ0v) is 33.5. The molecule has 306 valence electrons. The fraction of sp³-hybridized carbons (Fsp3) is 0.465. The van der Waals surface area contributed by atoms with Crippen LogP contribution in [0.3, 0.4) is 0 Å². The van der Waals surface area contributed by atoms with Crippen molar-refractivity contribution in [2.45, 2.75) is 83.4 Å². The van der Waals surface area contributed by atoms with Gasteiger partial charge in [-0.1, -0.05) is 12.2 Å². The number of hydrogen-bond acceptors (Lipinski definition) is 13.